The van der Waals surface area contributed by atoms with Crippen molar-refractivity contribution in [3.05, 3.63) is 59.1 Å². The third kappa shape index (κ3) is 5.20. The van der Waals surface area contributed by atoms with Crippen LogP contribution in [-0.2, 0) is 16.1 Å². The first-order valence-electron chi connectivity index (χ1n) is 9.41. The van der Waals surface area contributed by atoms with E-state index in [1.165, 1.54) is 11.8 Å². The van der Waals surface area contributed by atoms with Gasteiger partial charge in [-0.05, 0) is 50.2 Å². The number of aromatic nitrogens is 3. The highest BCUT2D eigenvalue weighted by molar-refractivity contribution is 7.99. The number of carbonyl (C=O) groups excluding carboxylic acids is 2. The molecule has 0 saturated heterocycles. The second kappa shape index (κ2) is 10.3. The number of carbonyl (C=O) groups is 2. The fourth-order valence-electron chi connectivity index (χ4n) is 2.79. The molecule has 0 spiro atoms. The van der Waals surface area contributed by atoms with Crippen molar-refractivity contribution in [2.24, 2.45) is 0 Å². The Bertz CT molecular complexity index is 1040. The monoisotopic (exact) mass is 444 g/mol. The summed E-state index contributed by atoms with van der Waals surface area (Å²) < 4.78 is 6.97. The molecule has 1 amide bonds. The number of halogens is 1. The highest BCUT2D eigenvalue weighted by Crippen LogP contribution is 2.25. The number of hydrogen-bond acceptors (Lipinski definition) is 6. The van der Waals surface area contributed by atoms with Gasteiger partial charge in [-0.15, -0.1) is 10.2 Å². The Labute approximate surface area is 183 Å². The zero-order valence-corrected chi connectivity index (χ0v) is 18.2. The zero-order valence-electron chi connectivity index (χ0n) is 16.6. The van der Waals surface area contributed by atoms with Crippen molar-refractivity contribution >= 4 is 40.9 Å². The van der Waals surface area contributed by atoms with Crippen molar-refractivity contribution in [2.45, 2.75) is 25.5 Å². The Balaban J connectivity index is 1.69. The van der Waals surface area contributed by atoms with Gasteiger partial charge in [-0.25, -0.2) is 4.79 Å². The molecule has 0 aliphatic heterocycles. The van der Waals surface area contributed by atoms with E-state index in [9.17, 15) is 9.59 Å². The number of esters is 1. The third-order valence-electron chi connectivity index (χ3n) is 4.16. The molecule has 0 aliphatic rings. The van der Waals surface area contributed by atoms with Gasteiger partial charge >= 0.3 is 5.97 Å². The van der Waals surface area contributed by atoms with Gasteiger partial charge in [0.05, 0.1) is 23.6 Å². The van der Waals surface area contributed by atoms with Crippen LogP contribution >= 0.6 is 23.4 Å². The molecule has 0 aliphatic carbocycles. The SMILES string of the molecule is CCOC(=O)c1ccccc1NC(=O)CSc1nnc(-c2ccc(Cl)cc2)n1CC. The van der Waals surface area contributed by atoms with E-state index in [-0.39, 0.29) is 18.3 Å². The van der Waals surface area contributed by atoms with Gasteiger partial charge in [0, 0.05) is 17.1 Å². The molecule has 1 heterocycles. The summed E-state index contributed by atoms with van der Waals surface area (Å²) in [5.74, 6) is 0.107. The van der Waals surface area contributed by atoms with Crippen molar-refractivity contribution in [3.8, 4) is 11.4 Å². The highest BCUT2D eigenvalue weighted by atomic mass is 35.5. The Hall–Kier alpha value is -2.84. The van der Waals surface area contributed by atoms with E-state index in [4.69, 9.17) is 16.3 Å². The molecular formula is C21H21ClN4O3S. The molecule has 0 bridgehead atoms. The lowest BCUT2D eigenvalue weighted by atomic mass is 10.2. The average Bonchev–Trinajstić information content (AvgIpc) is 3.16. The predicted octanol–water partition coefficient (Wildman–Crippen LogP) is 4.53. The second-order valence-corrected chi connectivity index (χ2v) is 7.54. The Morgan fingerprint density at radius 3 is 2.53 bits per heavy atom. The van der Waals surface area contributed by atoms with Gasteiger partial charge in [0.15, 0.2) is 11.0 Å². The van der Waals surface area contributed by atoms with E-state index in [2.05, 4.69) is 15.5 Å². The van der Waals surface area contributed by atoms with Crippen LogP contribution in [0.15, 0.2) is 53.7 Å². The van der Waals surface area contributed by atoms with E-state index in [0.717, 1.165) is 5.56 Å². The number of benzene rings is 2. The number of hydrogen-bond donors (Lipinski definition) is 1. The third-order valence-corrected chi connectivity index (χ3v) is 5.38. The number of rotatable bonds is 8. The normalized spacial score (nSPS) is 10.6. The summed E-state index contributed by atoms with van der Waals surface area (Å²) in [7, 11) is 0. The number of anilines is 1. The molecule has 0 fully saturated rings. The van der Waals surface area contributed by atoms with E-state index in [1.807, 2.05) is 23.6 Å². The molecule has 1 aromatic heterocycles. The molecule has 0 unspecified atom stereocenters. The van der Waals surface area contributed by atoms with Crippen molar-refractivity contribution in [1.29, 1.82) is 0 Å². The van der Waals surface area contributed by atoms with Crippen LogP contribution in [0.3, 0.4) is 0 Å². The van der Waals surface area contributed by atoms with E-state index in [0.29, 0.717) is 33.8 Å². The summed E-state index contributed by atoms with van der Waals surface area (Å²) in [5.41, 5.74) is 1.63. The maximum atomic E-state index is 12.5. The van der Waals surface area contributed by atoms with Crippen LogP contribution < -0.4 is 5.32 Å². The molecule has 9 heteroatoms. The van der Waals surface area contributed by atoms with Crippen molar-refractivity contribution in [2.75, 3.05) is 17.7 Å². The summed E-state index contributed by atoms with van der Waals surface area (Å²) >= 11 is 7.23. The fourth-order valence-corrected chi connectivity index (χ4v) is 3.72. The molecule has 0 atom stereocenters. The van der Waals surface area contributed by atoms with E-state index >= 15 is 0 Å². The quantitative estimate of drug-likeness (QED) is 0.406. The Kier molecular flexibility index (Phi) is 7.48. The lowest BCUT2D eigenvalue weighted by Crippen LogP contribution is -2.17. The lowest BCUT2D eigenvalue weighted by Gasteiger charge is -2.10. The van der Waals surface area contributed by atoms with Gasteiger partial charge in [0.2, 0.25) is 5.91 Å². The molecule has 1 N–H and O–H groups in total. The number of nitrogens with one attached hydrogen (secondary N) is 1. The topological polar surface area (TPSA) is 86.1 Å². The smallest absolute Gasteiger partial charge is 0.340 e. The number of ether oxygens (including phenoxy) is 1. The standard InChI is InChI=1S/C21H21ClN4O3S/c1-3-26-19(14-9-11-15(22)12-10-14)24-25-21(26)30-13-18(27)23-17-8-6-5-7-16(17)20(28)29-4-2/h5-12H,3-4,13H2,1-2H3,(H,23,27). The van der Waals surface area contributed by atoms with Gasteiger partial charge in [0.1, 0.15) is 0 Å². The second-order valence-electron chi connectivity index (χ2n) is 6.16. The van der Waals surface area contributed by atoms with Gasteiger partial charge in [-0.2, -0.15) is 0 Å². The molecule has 30 heavy (non-hydrogen) atoms. The first-order valence-corrected chi connectivity index (χ1v) is 10.8. The van der Waals surface area contributed by atoms with Crippen LogP contribution in [0.4, 0.5) is 5.69 Å². The molecule has 3 rings (SSSR count). The molecule has 0 saturated carbocycles. The predicted molar refractivity (Wildman–Crippen MR) is 118 cm³/mol. The molecular weight excluding hydrogens is 424 g/mol. The first kappa shape index (κ1) is 21.9. The van der Waals surface area contributed by atoms with Gasteiger partial charge in [-0.3, -0.25) is 4.79 Å². The highest BCUT2D eigenvalue weighted by Gasteiger charge is 2.17. The first-order chi connectivity index (χ1) is 14.5. The number of nitrogens with zero attached hydrogens (tertiary/aromatic N) is 3. The summed E-state index contributed by atoms with van der Waals surface area (Å²) in [6.45, 7) is 4.64. The van der Waals surface area contributed by atoms with Crippen LogP contribution in [0.5, 0.6) is 0 Å². The summed E-state index contributed by atoms with van der Waals surface area (Å²) in [5, 5.41) is 12.5. The average molecular weight is 445 g/mol. The summed E-state index contributed by atoms with van der Waals surface area (Å²) in [4.78, 5) is 24.5. The summed E-state index contributed by atoms with van der Waals surface area (Å²) in [6, 6.07) is 14.1. The molecule has 3 aromatic rings. The number of para-hydroxylation sites is 1. The number of amides is 1. The van der Waals surface area contributed by atoms with E-state index < -0.39 is 5.97 Å². The van der Waals surface area contributed by atoms with Crippen LogP contribution in [0.1, 0.15) is 24.2 Å². The van der Waals surface area contributed by atoms with E-state index in [1.54, 1.807) is 43.3 Å². The minimum Gasteiger partial charge on any atom is -0.462 e. The maximum Gasteiger partial charge on any atom is 0.340 e. The number of thioether (sulfide) groups is 1. The maximum absolute atomic E-state index is 12.5. The lowest BCUT2D eigenvalue weighted by molar-refractivity contribution is -0.113. The molecule has 2 aromatic carbocycles. The minimum atomic E-state index is -0.473. The van der Waals surface area contributed by atoms with Crippen molar-refractivity contribution in [3.63, 3.8) is 0 Å². The molecule has 7 nitrogen and oxygen atoms in total. The minimum absolute atomic E-state index is 0.121. The van der Waals surface area contributed by atoms with Crippen LogP contribution in [0.25, 0.3) is 11.4 Å². The zero-order chi connectivity index (χ0) is 21.5. The van der Waals surface area contributed by atoms with Crippen LogP contribution in [0.2, 0.25) is 5.02 Å². The van der Waals surface area contributed by atoms with Crippen LogP contribution in [0, 0.1) is 0 Å². The largest absolute Gasteiger partial charge is 0.462 e. The molecule has 0 radical (unpaired) electrons. The van der Waals surface area contributed by atoms with Gasteiger partial charge < -0.3 is 14.6 Å². The fraction of sp³-hybridized carbons (Fsp3) is 0.238. The van der Waals surface area contributed by atoms with Crippen molar-refractivity contribution in [1.82, 2.24) is 14.8 Å². The van der Waals surface area contributed by atoms with Gasteiger partial charge in [-0.1, -0.05) is 35.5 Å². The van der Waals surface area contributed by atoms with Gasteiger partial charge in [0.25, 0.3) is 0 Å². The Morgan fingerprint density at radius 2 is 1.83 bits per heavy atom. The van der Waals surface area contributed by atoms with Crippen LogP contribution in [-0.4, -0.2) is 39.0 Å². The van der Waals surface area contributed by atoms with Crippen molar-refractivity contribution < 1.29 is 14.3 Å². The summed E-state index contributed by atoms with van der Waals surface area (Å²) in [6.07, 6.45) is 0. The Morgan fingerprint density at radius 1 is 1.10 bits per heavy atom. The molecule has 156 valence electrons.